The molecular weight excluding hydrogens is 270 g/mol. The van der Waals surface area contributed by atoms with Gasteiger partial charge < -0.3 is 0 Å². The Morgan fingerprint density at radius 2 is 2.35 bits per heavy atom. The van der Waals surface area contributed by atoms with Crippen LogP contribution in [0.1, 0.15) is 43.3 Å². The van der Waals surface area contributed by atoms with Gasteiger partial charge in [-0.15, -0.1) is 11.3 Å². The fourth-order valence-electron chi connectivity index (χ4n) is 2.72. The number of thiazole rings is 1. The largest absolute Gasteiger partial charge is 0.293 e. The highest BCUT2D eigenvalue weighted by molar-refractivity contribution is 7.09. The van der Waals surface area contributed by atoms with Gasteiger partial charge in [-0.1, -0.05) is 13.8 Å². The highest BCUT2D eigenvalue weighted by atomic mass is 32.1. The zero-order valence-corrected chi connectivity index (χ0v) is 12.9. The Balaban J connectivity index is 1.63. The normalized spacial score (nSPS) is 20.1. The number of hydrogen-bond donors (Lipinski definition) is 0. The van der Waals surface area contributed by atoms with E-state index in [2.05, 4.69) is 34.2 Å². The van der Waals surface area contributed by atoms with Crippen molar-refractivity contribution in [3.05, 3.63) is 28.7 Å². The molecule has 0 saturated carbocycles. The fraction of sp³-hybridized carbons (Fsp3) is 0.643. The van der Waals surface area contributed by atoms with E-state index in [0.29, 0.717) is 12.0 Å². The van der Waals surface area contributed by atoms with E-state index < -0.39 is 0 Å². The Bertz CT molecular complexity index is 534. The van der Waals surface area contributed by atoms with E-state index in [1.807, 2.05) is 4.68 Å². The molecule has 5 nitrogen and oxygen atoms in total. The van der Waals surface area contributed by atoms with E-state index in [1.165, 1.54) is 23.5 Å². The Hall–Kier alpha value is -1.27. The van der Waals surface area contributed by atoms with Crippen molar-refractivity contribution in [2.24, 2.45) is 0 Å². The van der Waals surface area contributed by atoms with E-state index >= 15 is 0 Å². The summed E-state index contributed by atoms with van der Waals surface area (Å²) in [5.74, 6) is 0.526. The lowest BCUT2D eigenvalue weighted by Crippen LogP contribution is -2.32. The first-order chi connectivity index (χ1) is 9.72. The summed E-state index contributed by atoms with van der Waals surface area (Å²) in [4.78, 5) is 11.3. The number of aromatic nitrogens is 4. The molecule has 0 bridgehead atoms. The van der Waals surface area contributed by atoms with Crippen LogP contribution in [-0.2, 0) is 13.1 Å². The average molecular weight is 291 g/mol. The predicted octanol–water partition coefficient (Wildman–Crippen LogP) is 2.52. The maximum Gasteiger partial charge on any atom is 0.137 e. The van der Waals surface area contributed by atoms with Crippen LogP contribution < -0.4 is 0 Å². The molecule has 6 heteroatoms. The van der Waals surface area contributed by atoms with Crippen LogP contribution in [0.25, 0.3) is 0 Å². The van der Waals surface area contributed by atoms with Gasteiger partial charge in [-0.3, -0.25) is 9.58 Å². The second-order valence-electron chi connectivity index (χ2n) is 5.72. The molecule has 108 valence electrons. The molecule has 1 aliphatic heterocycles. The van der Waals surface area contributed by atoms with Gasteiger partial charge in [-0.25, -0.2) is 9.97 Å². The molecule has 1 fully saturated rings. The first-order valence-electron chi connectivity index (χ1n) is 7.23. The van der Waals surface area contributed by atoms with Crippen molar-refractivity contribution in [2.45, 2.75) is 51.7 Å². The summed E-state index contributed by atoms with van der Waals surface area (Å²) in [7, 11) is 0. The van der Waals surface area contributed by atoms with Gasteiger partial charge in [0.05, 0.1) is 17.2 Å². The summed E-state index contributed by atoms with van der Waals surface area (Å²) in [6.45, 7) is 7.45. The second-order valence-corrected chi connectivity index (χ2v) is 6.61. The molecule has 0 aliphatic carbocycles. The third kappa shape index (κ3) is 3.07. The number of likely N-dealkylation sites (tertiary alicyclic amines) is 1. The first kappa shape index (κ1) is 13.7. The molecule has 0 radical (unpaired) electrons. The molecule has 0 N–H and O–H groups in total. The lowest BCUT2D eigenvalue weighted by Gasteiger charge is -2.23. The molecule has 2 aromatic rings. The monoisotopic (exact) mass is 291 g/mol. The SMILES string of the molecule is CC(C)c1nc(CN2CCC[C@H]2Cn2cncn2)cs1. The molecule has 0 unspecified atom stereocenters. The Morgan fingerprint density at radius 3 is 3.05 bits per heavy atom. The molecule has 2 aromatic heterocycles. The number of rotatable bonds is 5. The van der Waals surface area contributed by atoms with Crippen molar-refractivity contribution in [1.29, 1.82) is 0 Å². The van der Waals surface area contributed by atoms with Crippen molar-refractivity contribution in [1.82, 2.24) is 24.6 Å². The third-order valence-electron chi connectivity index (χ3n) is 3.79. The molecule has 0 aromatic carbocycles. The van der Waals surface area contributed by atoms with E-state index in [4.69, 9.17) is 4.98 Å². The van der Waals surface area contributed by atoms with Crippen LogP contribution in [0, 0.1) is 0 Å². The highest BCUT2D eigenvalue weighted by Gasteiger charge is 2.25. The molecule has 3 rings (SSSR count). The molecule has 0 spiro atoms. The topological polar surface area (TPSA) is 46.8 Å². The molecule has 0 amide bonds. The van der Waals surface area contributed by atoms with E-state index in [0.717, 1.165) is 19.6 Å². The van der Waals surface area contributed by atoms with Gasteiger partial charge in [0.15, 0.2) is 0 Å². The van der Waals surface area contributed by atoms with Gasteiger partial charge in [-0.2, -0.15) is 5.10 Å². The van der Waals surface area contributed by atoms with Gasteiger partial charge in [-0.05, 0) is 19.4 Å². The van der Waals surface area contributed by atoms with Gasteiger partial charge in [0, 0.05) is 23.9 Å². The summed E-state index contributed by atoms with van der Waals surface area (Å²) in [6.07, 6.45) is 5.91. The maximum atomic E-state index is 4.75. The standard InChI is InChI=1S/C14H21N5S/c1-11(2)14-17-12(8-20-14)6-18-5-3-4-13(18)7-19-10-15-9-16-19/h8-11,13H,3-7H2,1-2H3/t13-/m0/s1. The van der Waals surface area contributed by atoms with Crippen LogP contribution in [-0.4, -0.2) is 37.2 Å². The minimum Gasteiger partial charge on any atom is -0.293 e. The summed E-state index contributed by atoms with van der Waals surface area (Å²) in [5.41, 5.74) is 1.21. The smallest absolute Gasteiger partial charge is 0.137 e. The zero-order valence-electron chi connectivity index (χ0n) is 12.1. The number of nitrogens with zero attached hydrogens (tertiary/aromatic N) is 5. The van der Waals surface area contributed by atoms with Gasteiger partial charge in [0.1, 0.15) is 12.7 Å². The van der Waals surface area contributed by atoms with Gasteiger partial charge in [0.25, 0.3) is 0 Å². The third-order valence-corrected chi connectivity index (χ3v) is 4.99. The van der Waals surface area contributed by atoms with Crippen LogP contribution in [0.3, 0.4) is 0 Å². The zero-order chi connectivity index (χ0) is 13.9. The fourth-order valence-corrected chi connectivity index (χ4v) is 3.55. The van der Waals surface area contributed by atoms with Crippen molar-refractivity contribution < 1.29 is 0 Å². The average Bonchev–Trinajstić information content (AvgIpc) is 3.13. The van der Waals surface area contributed by atoms with Crippen molar-refractivity contribution in [2.75, 3.05) is 6.54 Å². The number of hydrogen-bond acceptors (Lipinski definition) is 5. The van der Waals surface area contributed by atoms with Crippen LogP contribution in [0.2, 0.25) is 0 Å². The lowest BCUT2D eigenvalue weighted by atomic mass is 10.2. The summed E-state index contributed by atoms with van der Waals surface area (Å²) < 4.78 is 1.93. The van der Waals surface area contributed by atoms with Crippen molar-refractivity contribution in [3.8, 4) is 0 Å². The Labute approximate surface area is 123 Å². The van der Waals surface area contributed by atoms with Gasteiger partial charge >= 0.3 is 0 Å². The summed E-state index contributed by atoms with van der Waals surface area (Å²) >= 11 is 1.78. The quantitative estimate of drug-likeness (QED) is 0.849. The van der Waals surface area contributed by atoms with Crippen LogP contribution in [0.5, 0.6) is 0 Å². The minimum atomic E-state index is 0.526. The summed E-state index contributed by atoms with van der Waals surface area (Å²) in [6, 6.07) is 0.556. The van der Waals surface area contributed by atoms with E-state index in [1.54, 1.807) is 24.0 Å². The van der Waals surface area contributed by atoms with E-state index in [9.17, 15) is 0 Å². The predicted molar refractivity (Wildman–Crippen MR) is 79.7 cm³/mol. The Kier molecular flexibility index (Phi) is 4.12. The maximum absolute atomic E-state index is 4.75. The molecule has 1 saturated heterocycles. The molecule has 3 heterocycles. The van der Waals surface area contributed by atoms with Crippen LogP contribution in [0.4, 0.5) is 0 Å². The Morgan fingerprint density at radius 1 is 1.45 bits per heavy atom. The molecule has 1 atom stereocenters. The van der Waals surface area contributed by atoms with Gasteiger partial charge in [0.2, 0.25) is 0 Å². The molecular formula is C14H21N5S. The first-order valence-corrected chi connectivity index (χ1v) is 8.11. The lowest BCUT2D eigenvalue weighted by molar-refractivity contribution is 0.217. The highest BCUT2D eigenvalue weighted by Crippen LogP contribution is 2.24. The molecule has 1 aliphatic rings. The van der Waals surface area contributed by atoms with Crippen molar-refractivity contribution >= 4 is 11.3 Å². The second kappa shape index (κ2) is 6.01. The van der Waals surface area contributed by atoms with Crippen LogP contribution in [0.15, 0.2) is 18.0 Å². The summed E-state index contributed by atoms with van der Waals surface area (Å²) in [5, 5.41) is 7.66. The van der Waals surface area contributed by atoms with Crippen LogP contribution >= 0.6 is 11.3 Å². The van der Waals surface area contributed by atoms with E-state index in [-0.39, 0.29) is 0 Å². The molecule has 20 heavy (non-hydrogen) atoms. The minimum absolute atomic E-state index is 0.526. The van der Waals surface area contributed by atoms with Crippen molar-refractivity contribution in [3.63, 3.8) is 0 Å².